The van der Waals surface area contributed by atoms with Gasteiger partial charge in [-0.1, -0.05) is 33.0 Å². The molecule has 0 radical (unpaired) electrons. The molecule has 0 aromatic carbocycles. The first kappa shape index (κ1) is 12.2. The lowest BCUT2D eigenvalue weighted by atomic mass is 10.4. The molecule has 0 unspecified atom stereocenters. The Kier molecular flexibility index (Phi) is 15.4. The van der Waals surface area contributed by atoms with Crippen molar-refractivity contribution in [3.8, 4) is 0 Å². The molecular formula is C7H19ClSi. The van der Waals surface area contributed by atoms with Crippen LogP contribution in [0.5, 0.6) is 0 Å². The van der Waals surface area contributed by atoms with Crippen LogP contribution in [0.4, 0.5) is 0 Å². The van der Waals surface area contributed by atoms with E-state index in [2.05, 4.69) is 26.6 Å². The topological polar surface area (TPSA) is 0 Å². The molecule has 0 atom stereocenters. The highest BCUT2D eigenvalue weighted by molar-refractivity contribution is 6.54. The van der Waals surface area contributed by atoms with Gasteiger partial charge in [0.15, 0.2) is 0 Å². The summed E-state index contributed by atoms with van der Waals surface area (Å²) in [5, 5.41) is 0. The van der Waals surface area contributed by atoms with Crippen molar-refractivity contribution in [3.63, 3.8) is 0 Å². The van der Waals surface area contributed by atoms with Gasteiger partial charge in [-0.05, 0) is 6.42 Å². The zero-order valence-electron chi connectivity index (χ0n) is 7.08. The van der Waals surface area contributed by atoms with Crippen LogP contribution in [0.15, 0.2) is 0 Å². The van der Waals surface area contributed by atoms with E-state index >= 15 is 0 Å². The standard InChI is InChI=1S/C4H9Cl.C3H10Si/c1-2-3-4-5;1-4(2)3/h2-4H2,1H3;4H,1-3H3. The molecule has 0 saturated carbocycles. The van der Waals surface area contributed by atoms with Crippen LogP contribution in [0.3, 0.4) is 0 Å². The van der Waals surface area contributed by atoms with Crippen LogP contribution in [-0.4, -0.2) is 14.7 Å². The van der Waals surface area contributed by atoms with Crippen LogP contribution in [0.1, 0.15) is 19.8 Å². The van der Waals surface area contributed by atoms with Gasteiger partial charge in [0.05, 0.1) is 0 Å². The Morgan fingerprint density at radius 3 is 1.56 bits per heavy atom. The van der Waals surface area contributed by atoms with Crippen molar-refractivity contribution in [2.75, 3.05) is 5.88 Å². The van der Waals surface area contributed by atoms with Gasteiger partial charge in [0, 0.05) is 14.7 Å². The maximum Gasteiger partial charge on any atom is 0.0274 e. The van der Waals surface area contributed by atoms with Crippen LogP contribution in [0, 0.1) is 0 Å². The number of hydrogen-bond donors (Lipinski definition) is 0. The van der Waals surface area contributed by atoms with Gasteiger partial charge in [0.1, 0.15) is 0 Å². The fourth-order valence-electron chi connectivity index (χ4n) is 0.134. The summed E-state index contributed by atoms with van der Waals surface area (Å²) in [4.78, 5) is 0. The van der Waals surface area contributed by atoms with Crippen LogP contribution in [0.2, 0.25) is 19.6 Å². The fraction of sp³-hybridized carbons (Fsp3) is 1.00. The lowest BCUT2D eigenvalue weighted by Gasteiger charge is -1.77. The molecule has 0 spiro atoms. The first-order chi connectivity index (χ1) is 4.15. The summed E-state index contributed by atoms with van der Waals surface area (Å²) in [6.07, 6.45) is 2.37. The number of halogens is 1. The molecule has 0 aromatic rings. The molecule has 0 saturated heterocycles. The lowest BCUT2D eigenvalue weighted by molar-refractivity contribution is 0.892. The molecular weight excluding hydrogens is 148 g/mol. The van der Waals surface area contributed by atoms with Gasteiger partial charge in [-0.25, -0.2) is 0 Å². The third-order valence-corrected chi connectivity index (χ3v) is 0.754. The van der Waals surface area contributed by atoms with E-state index in [1.165, 1.54) is 6.42 Å². The first-order valence-corrected chi connectivity index (χ1v) is 7.71. The SMILES string of the molecule is CCCCCl.C[SiH](C)C. The molecule has 0 bridgehead atoms. The van der Waals surface area contributed by atoms with Gasteiger partial charge in [-0.3, -0.25) is 0 Å². The Morgan fingerprint density at radius 2 is 1.56 bits per heavy atom. The third-order valence-electron chi connectivity index (χ3n) is 0.487. The van der Waals surface area contributed by atoms with E-state index in [1.807, 2.05) is 0 Å². The second-order valence-corrected chi connectivity index (χ2v) is 6.62. The maximum absolute atomic E-state index is 5.30. The van der Waals surface area contributed by atoms with Crippen molar-refractivity contribution < 1.29 is 0 Å². The molecule has 0 aliphatic carbocycles. The molecule has 0 aliphatic heterocycles. The second-order valence-electron chi connectivity index (χ2n) is 2.77. The van der Waals surface area contributed by atoms with Gasteiger partial charge in [0.25, 0.3) is 0 Å². The van der Waals surface area contributed by atoms with Crippen molar-refractivity contribution in [2.24, 2.45) is 0 Å². The number of rotatable bonds is 2. The Morgan fingerprint density at radius 1 is 1.22 bits per heavy atom. The second kappa shape index (κ2) is 11.3. The summed E-state index contributed by atoms with van der Waals surface area (Å²) in [6, 6.07) is 0. The highest BCUT2D eigenvalue weighted by Gasteiger charge is 1.71. The molecule has 0 rings (SSSR count). The molecule has 0 aromatic heterocycles. The van der Waals surface area contributed by atoms with Crippen molar-refractivity contribution in [2.45, 2.75) is 39.4 Å². The predicted molar refractivity (Wildman–Crippen MR) is 50.4 cm³/mol. The Hall–Kier alpha value is 0.507. The average molecular weight is 167 g/mol. The van der Waals surface area contributed by atoms with E-state index < -0.39 is 0 Å². The summed E-state index contributed by atoms with van der Waals surface area (Å²) < 4.78 is 0. The van der Waals surface area contributed by atoms with E-state index in [0.29, 0.717) is 0 Å². The molecule has 0 amide bonds. The van der Waals surface area contributed by atoms with Crippen molar-refractivity contribution >= 4 is 20.4 Å². The van der Waals surface area contributed by atoms with Gasteiger partial charge in [-0.15, -0.1) is 11.6 Å². The number of hydrogen-bond acceptors (Lipinski definition) is 0. The summed E-state index contributed by atoms with van der Waals surface area (Å²) in [5.74, 6) is 0.816. The van der Waals surface area contributed by atoms with Gasteiger partial charge in [-0.2, -0.15) is 0 Å². The van der Waals surface area contributed by atoms with Crippen LogP contribution in [-0.2, 0) is 0 Å². The maximum atomic E-state index is 5.30. The van der Waals surface area contributed by atoms with Gasteiger partial charge < -0.3 is 0 Å². The Labute approximate surface area is 66.2 Å². The fourth-order valence-corrected chi connectivity index (χ4v) is 0.401. The smallest absolute Gasteiger partial charge is 0.0274 e. The molecule has 58 valence electrons. The normalized spacial score (nSPS) is 8.67. The molecule has 0 aliphatic rings. The molecule has 0 fully saturated rings. The average Bonchev–Trinajstić information content (AvgIpc) is 1.66. The van der Waals surface area contributed by atoms with Gasteiger partial charge >= 0.3 is 0 Å². The Bertz CT molecular complexity index is 33.1. The molecule has 0 heterocycles. The van der Waals surface area contributed by atoms with E-state index in [1.54, 1.807) is 0 Å². The largest absolute Gasteiger partial charge is 0.127 e. The lowest BCUT2D eigenvalue weighted by Crippen LogP contribution is -1.84. The highest BCUT2D eigenvalue weighted by atomic mass is 35.5. The molecule has 0 nitrogen and oxygen atoms in total. The van der Waals surface area contributed by atoms with E-state index in [4.69, 9.17) is 11.6 Å². The summed E-state index contributed by atoms with van der Waals surface area (Å²) in [6.45, 7) is 9.04. The third kappa shape index (κ3) is 57.3. The van der Waals surface area contributed by atoms with Gasteiger partial charge in [0.2, 0.25) is 0 Å². The Balaban J connectivity index is 0. The zero-order chi connectivity index (χ0) is 7.70. The predicted octanol–water partition coefficient (Wildman–Crippen LogP) is 3.13. The van der Waals surface area contributed by atoms with Crippen molar-refractivity contribution in [1.82, 2.24) is 0 Å². The minimum absolute atomic E-state index is 0.139. The zero-order valence-corrected chi connectivity index (χ0v) is 8.99. The summed E-state index contributed by atoms with van der Waals surface area (Å²) >= 11 is 5.30. The van der Waals surface area contributed by atoms with Crippen LogP contribution in [0.25, 0.3) is 0 Å². The van der Waals surface area contributed by atoms with E-state index in [0.717, 1.165) is 12.3 Å². The summed E-state index contributed by atoms with van der Waals surface area (Å²) in [5.41, 5.74) is 0. The van der Waals surface area contributed by atoms with E-state index in [9.17, 15) is 0 Å². The van der Waals surface area contributed by atoms with Crippen molar-refractivity contribution in [3.05, 3.63) is 0 Å². The first-order valence-electron chi connectivity index (χ1n) is 3.71. The van der Waals surface area contributed by atoms with Crippen LogP contribution >= 0.6 is 11.6 Å². The van der Waals surface area contributed by atoms with Crippen molar-refractivity contribution in [1.29, 1.82) is 0 Å². The molecule has 0 N–H and O–H groups in total. The van der Waals surface area contributed by atoms with E-state index in [-0.39, 0.29) is 8.80 Å². The molecule has 9 heavy (non-hydrogen) atoms. The minimum atomic E-state index is -0.139. The minimum Gasteiger partial charge on any atom is -0.127 e. The number of unbranched alkanes of at least 4 members (excludes halogenated alkanes) is 1. The molecule has 2 heteroatoms. The summed E-state index contributed by atoms with van der Waals surface area (Å²) in [7, 11) is -0.139. The quantitative estimate of drug-likeness (QED) is 0.437. The van der Waals surface area contributed by atoms with Crippen LogP contribution < -0.4 is 0 Å². The number of alkyl halides is 1. The monoisotopic (exact) mass is 166 g/mol. The highest BCUT2D eigenvalue weighted by Crippen LogP contribution is 1.86.